The van der Waals surface area contributed by atoms with Gasteiger partial charge in [-0.05, 0) is 25.2 Å². The summed E-state index contributed by atoms with van der Waals surface area (Å²) in [5, 5.41) is 2.81. The van der Waals surface area contributed by atoms with Crippen molar-refractivity contribution in [3.63, 3.8) is 0 Å². The molecule has 1 atom stereocenters. The van der Waals surface area contributed by atoms with Crippen LogP contribution in [-0.2, 0) is 9.59 Å². The second kappa shape index (κ2) is 5.72. The largest absolute Gasteiger partial charge is 0.343 e. The summed E-state index contributed by atoms with van der Waals surface area (Å²) in [6.45, 7) is 10.4. The van der Waals surface area contributed by atoms with Crippen molar-refractivity contribution in [2.75, 3.05) is 6.54 Å². The molecule has 0 aliphatic carbocycles. The number of piperazine rings is 1. The number of nitrogens with one attached hydrogen (secondary N) is 1. The average molecular weight is 254 g/mol. The molecule has 104 valence electrons. The van der Waals surface area contributed by atoms with Gasteiger partial charge in [0, 0.05) is 5.54 Å². The van der Waals surface area contributed by atoms with Crippen LogP contribution in [0.4, 0.5) is 0 Å². The molecular formula is C14H26N2O2. The summed E-state index contributed by atoms with van der Waals surface area (Å²) in [6.07, 6.45) is 2.68. The van der Waals surface area contributed by atoms with Gasteiger partial charge in [0.1, 0.15) is 12.6 Å². The Morgan fingerprint density at radius 2 is 1.72 bits per heavy atom. The zero-order chi connectivity index (χ0) is 13.9. The molecule has 0 aromatic rings. The summed E-state index contributed by atoms with van der Waals surface area (Å²) in [4.78, 5) is 26.2. The first-order valence-corrected chi connectivity index (χ1v) is 7.02. The topological polar surface area (TPSA) is 49.4 Å². The number of hydrogen-bond donors (Lipinski definition) is 1. The van der Waals surface area contributed by atoms with Crippen LogP contribution in [0.1, 0.15) is 53.9 Å². The Labute approximate surface area is 110 Å². The van der Waals surface area contributed by atoms with Gasteiger partial charge in [-0.2, -0.15) is 0 Å². The zero-order valence-corrected chi connectivity index (χ0v) is 12.2. The van der Waals surface area contributed by atoms with E-state index in [2.05, 4.69) is 26.1 Å². The Morgan fingerprint density at radius 3 is 2.11 bits per heavy atom. The summed E-state index contributed by atoms with van der Waals surface area (Å²) < 4.78 is 0. The van der Waals surface area contributed by atoms with Crippen LogP contribution < -0.4 is 5.32 Å². The summed E-state index contributed by atoms with van der Waals surface area (Å²) in [6, 6.07) is -0.365. The molecule has 1 aliphatic rings. The lowest BCUT2D eigenvalue weighted by Gasteiger charge is -2.47. The van der Waals surface area contributed by atoms with Crippen molar-refractivity contribution < 1.29 is 9.59 Å². The molecule has 4 heteroatoms. The minimum atomic E-state index is -0.365. The number of hydrogen-bond acceptors (Lipinski definition) is 2. The van der Waals surface area contributed by atoms with Gasteiger partial charge in [0.25, 0.3) is 0 Å². The maximum absolute atomic E-state index is 12.5. The molecule has 2 amide bonds. The summed E-state index contributed by atoms with van der Waals surface area (Å²) in [7, 11) is 0. The van der Waals surface area contributed by atoms with Crippen LogP contribution in [0.2, 0.25) is 0 Å². The smallest absolute Gasteiger partial charge is 0.246 e. The zero-order valence-electron chi connectivity index (χ0n) is 12.2. The Balaban J connectivity index is 3.06. The molecule has 1 fully saturated rings. The Bertz CT molecular complexity index is 313. The summed E-state index contributed by atoms with van der Waals surface area (Å²) in [5.74, 6) is 0.177. The molecule has 1 rings (SSSR count). The Kier molecular flexibility index (Phi) is 4.77. The number of rotatable bonds is 5. The van der Waals surface area contributed by atoms with Crippen LogP contribution in [0, 0.1) is 5.92 Å². The van der Waals surface area contributed by atoms with Gasteiger partial charge in [0.05, 0.1) is 0 Å². The molecule has 1 aliphatic heterocycles. The molecule has 1 unspecified atom stereocenters. The minimum absolute atomic E-state index is 0.0342. The summed E-state index contributed by atoms with van der Waals surface area (Å²) >= 11 is 0. The van der Waals surface area contributed by atoms with Crippen LogP contribution in [0.5, 0.6) is 0 Å². The average Bonchev–Trinajstić information content (AvgIpc) is 2.35. The lowest BCUT2D eigenvalue weighted by atomic mass is 9.85. The molecule has 0 radical (unpaired) electrons. The lowest BCUT2D eigenvalue weighted by molar-refractivity contribution is -0.153. The number of carbonyl (C=O) groups is 2. The van der Waals surface area contributed by atoms with E-state index in [0.717, 1.165) is 19.3 Å². The molecule has 18 heavy (non-hydrogen) atoms. The monoisotopic (exact) mass is 254 g/mol. The third-order valence-corrected chi connectivity index (χ3v) is 4.36. The third-order valence-electron chi connectivity index (χ3n) is 4.36. The molecule has 4 nitrogen and oxygen atoms in total. The molecule has 0 aromatic heterocycles. The van der Waals surface area contributed by atoms with Crippen molar-refractivity contribution in [3.8, 4) is 0 Å². The van der Waals surface area contributed by atoms with E-state index < -0.39 is 0 Å². The fourth-order valence-corrected chi connectivity index (χ4v) is 2.85. The van der Waals surface area contributed by atoms with Crippen molar-refractivity contribution in [2.24, 2.45) is 5.92 Å². The van der Waals surface area contributed by atoms with Crippen LogP contribution in [0.25, 0.3) is 0 Å². The van der Waals surface area contributed by atoms with E-state index in [1.54, 1.807) is 0 Å². The third kappa shape index (κ3) is 2.52. The van der Waals surface area contributed by atoms with Gasteiger partial charge < -0.3 is 10.2 Å². The highest BCUT2D eigenvalue weighted by Crippen LogP contribution is 2.30. The van der Waals surface area contributed by atoms with E-state index in [-0.39, 0.29) is 35.9 Å². The molecule has 0 spiro atoms. The Hall–Kier alpha value is -1.06. The fraction of sp³-hybridized carbons (Fsp3) is 0.857. The van der Waals surface area contributed by atoms with Crippen LogP contribution >= 0.6 is 0 Å². The molecule has 0 aromatic carbocycles. The lowest BCUT2D eigenvalue weighted by Crippen LogP contribution is -2.65. The second-order valence-corrected chi connectivity index (χ2v) is 5.50. The van der Waals surface area contributed by atoms with Crippen molar-refractivity contribution in [1.82, 2.24) is 10.2 Å². The van der Waals surface area contributed by atoms with Crippen LogP contribution in [-0.4, -0.2) is 34.8 Å². The van der Waals surface area contributed by atoms with Gasteiger partial charge >= 0.3 is 0 Å². The SMILES string of the molecule is CCC(CC)(CC)N1CC(=O)NC(C(C)C)C1=O. The molecule has 0 bridgehead atoms. The van der Waals surface area contributed by atoms with Gasteiger partial charge in [0.2, 0.25) is 11.8 Å². The first-order chi connectivity index (χ1) is 8.41. The highest BCUT2D eigenvalue weighted by Gasteiger charge is 2.43. The van der Waals surface area contributed by atoms with E-state index in [4.69, 9.17) is 0 Å². The van der Waals surface area contributed by atoms with E-state index in [1.807, 2.05) is 18.7 Å². The first-order valence-electron chi connectivity index (χ1n) is 7.02. The standard InChI is InChI=1S/C14H26N2O2/c1-6-14(7-2,8-3)16-9-11(17)15-12(10(4)5)13(16)18/h10,12H,6-9H2,1-5H3,(H,15,17). The molecule has 0 saturated carbocycles. The van der Waals surface area contributed by atoms with Gasteiger partial charge in [-0.25, -0.2) is 0 Å². The van der Waals surface area contributed by atoms with E-state index in [0.29, 0.717) is 0 Å². The summed E-state index contributed by atoms with van der Waals surface area (Å²) in [5.41, 5.74) is -0.165. The maximum Gasteiger partial charge on any atom is 0.246 e. The van der Waals surface area contributed by atoms with Crippen LogP contribution in [0.3, 0.4) is 0 Å². The molecule has 1 N–H and O–H groups in total. The number of nitrogens with zero attached hydrogens (tertiary/aromatic N) is 1. The molecular weight excluding hydrogens is 228 g/mol. The predicted molar refractivity (Wildman–Crippen MR) is 72.1 cm³/mol. The first kappa shape index (κ1) is 15.0. The van der Waals surface area contributed by atoms with Crippen molar-refractivity contribution in [3.05, 3.63) is 0 Å². The Morgan fingerprint density at radius 1 is 1.22 bits per heavy atom. The van der Waals surface area contributed by atoms with Gasteiger partial charge in [-0.3, -0.25) is 9.59 Å². The van der Waals surface area contributed by atoms with Crippen molar-refractivity contribution in [2.45, 2.75) is 65.5 Å². The van der Waals surface area contributed by atoms with Crippen LogP contribution in [0.15, 0.2) is 0 Å². The maximum atomic E-state index is 12.5. The minimum Gasteiger partial charge on any atom is -0.343 e. The quantitative estimate of drug-likeness (QED) is 0.815. The van der Waals surface area contributed by atoms with Gasteiger partial charge in [-0.1, -0.05) is 34.6 Å². The van der Waals surface area contributed by atoms with Gasteiger partial charge in [0.15, 0.2) is 0 Å². The number of amides is 2. The molecule has 1 saturated heterocycles. The normalized spacial score (nSPS) is 21.4. The second-order valence-electron chi connectivity index (χ2n) is 5.50. The van der Waals surface area contributed by atoms with Crippen molar-refractivity contribution >= 4 is 11.8 Å². The van der Waals surface area contributed by atoms with Gasteiger partial charge in [-0.15, -0.1) is 0 Å². The highest BCUT2D eigenvalue weighted by molar-refractivity contribution is 5.95. The van der Waals surface area contributed by atoms with E-state index in [1.165, 1.54) is 0 Å². The predicted octanol–water partition coefficient (Wildman–Crippen LogP) is 1.94. The molecule has 1 heterocycles. The number of carbonyl (C=O) groups excluding carboxylic acids is 2. The van der Waals surface area contributed by atoms with Crippen molar-refractivity contribution in [1.29, 1.82) is 0 Å². The van der Waals surface area contributed by atoms with E-state index in [9.17, 15) is 9.59 Å². The van der Waals surface area contributed by atoms with E-state index >= 15 is 0 Å². The fourth-order valence-electron chi connectivity index (χ4n) is 2.85. The highest BCUT2D eigenvalue weighted by atomic mass is 16.2.